The normalized spacial score (nSPS) is 23.0. The fraction of sp³-hybridized carbons (Fsp3) is 0.385. The molecule has 0 aromatic heterocycles. The van der Waals surface area contributed by atoms with E-state index >= 15 is 0 Å². The van der Waals surface area contributed by atoms with Crippen LogP contribution in [-0.2, 0) is 16.0 Å². The predicted molar refractivity (Wildman–Crippen MR) is 59.2 cm³/mol. The highest BCUT2D eigenvalue weighted by atomic mass is 16.5. The van der Waals surface area contributed by atoms with Crippen LogP contribution in [0.1, 0.15) is 29.8 Å². The summed E-state index contributed by atoms with van der Waals surface area (Å²) in [5, 5.41) is 0. The Morgan fingerprint density at radius 3 is 2.75 bits per heavy atom. The van der Waals surface area contributed by atoms with Crippen molar-refractivity contribution in [3.8, 4) is 0 Å². The average Bonchev–Trinajstić information content (AvgIpc) is 2.54. The Balaban J connectivity index is 2.37. The quantitative estimate of drug-likeness (QED) is 0.563. The van der Waals surface area contributed by atoms with Crippen LogP contribution in [0.2, 0.25) is 0 Å². The molecule has 0 saturated carbocycles. The molecule has 0 unspecified atom stereocenters. The maximum Gasteiger partial charge on any atom is 0.320 e. The summed E-state index contributed by atoms with van der Waals surface area (Å²) in [6.45, 7) is 3.71. The molecule has 0 N–H and O–H groups in total. The summed E-state index contributed by atoms with van der Waals surface area (Å²) < 4.78 is 4.97. The van der Waals surface area contributed by atoms with Gasteiger partial charge in [-0.1, -0.05) is 24.3 Å². The number of esters is 1. The molecule has 0 spiro atoms. The molecule has 1 aliphatic carbocycles. The Morgan fingerprint density at radius 2 is 2.12 bits per heavy atom. The van der Waals surface area contributed by atoms with Crippen LogP contribution in [-0.4, -0.2) is 18.4 Å². The number of carbonyl (C=O) groups is 2. The molecule has 1 aromatic rings. The number of hydrogen-bond acceptors (Lipinski definition) is 3. The molecule has 2 rings (SSSR count). The molecular formula is C13H14O3. The largest absolute Gasteiger partial charge is 0.465 e. The molecule has 0 heterocycles. The highest BCUT2D eigenvalue weighted by Crippen LogP contribution is 2.37. The summed E-state index contributed by atoms with van der Waals surface area (Å²) in [6.07, 6.45) is 0.445. The van der Waals surface area contributed by atoms with Crippen molar-refractivity contribution in [2.24, 2.45) is 5.41 Å². The Hall–Kier alpha value is -1.64. The van der Waals surface area contributed by atoms with Crippen LogP contribution in [0.15, 0.2) is 24.3 Å². The lowest BCUT2D eigenvalue weighted by molar-refractivity contribution is -0.151. The van der Waals surface area contributed by atoms with E-state index in [1.54, 1.807) is 19.9 Å². The molecule has 1 atom stereocenters. The van der Waals surface area contributed by atoms with Gasteiger partial charge in [-0.2, -0.15) is 0 Å². The predicted octanol–water partition coefficient (Wildman–Crippen LogP) is 1.99. The van der Waals surface area contributed by atoms with Gasteiger partial charge in [-0.25, -0.2) is 0 Å². The molecule has 0 saturated heterocycles. The highest BCUT2D eigenvalue weighted by molar-refractivity contribution is 6.15. The molecular weight excluding hydrogens is 204 g/mol. The van der Waals surface area contributed by atoms with E-state index in [1.807, 2.05) is 18.2 Å². The van der Waals surface area contributed by atoms with Gasteiger partial charge in [-0.05, 0) is 25.8 Å². The first-order chi connectivity index (χ1) is 7.59. The second kappa shape index (κ2) is 3.74. The zero-order valence-electron chi connectivity index (χ0n) is 9.45. The van der Waals surface area contributed by atoms with Crippen LogP contribution in [0.4, 0.5) is 0 Å². The third-order valence-electron chi connectivity index (χ3n) is 3.03. The van der Waals surface area contributed by atoms with Gasteiger partial charge >= 0.3 is 5.97 Å². The summed E-state index contributed by atoms with van der Waals surface area (Å²) in [4.78, 5) is 23.9. The number of rotatable bonds is 2. The van der Waals surface area contributed by atoms with Crippen molar-refractivity contribution in [2.45, 2.75) is 20.3 Å². The standard InChI is InChI=1S/C13H14O3/c1-3-16-12(15)13(2)8-9-6-4-5-7-10(9)11(13)14/h4-7H,3,8H2,1-2H3/t13-/m1/s1. The number of hydrogen-bond donors (Lipinski definition) is 0. The number of benzene rings is 1. The van der Waals surface area contributed by atoms with E-state index < -0.39 is 11.4 Å². The van der Waals surface area contributed by atoms with Crippen LogP contribution in [0.5, 0.6) is 0 Å². The number of Topliss-reactive ketones (excluding diaryl/α,β-unsaturated/α-hetero) is 1. The Kier molecular flexibility index (Phi) is 2.54. The summed E-state index contributed by atoms with van der Waals surface area (Å²) in [5.74, 6) is -0.544. The maximum absolute atomic E-state index is 12.1. The second-order valence-corrected chi connectivity index (χ2v) is 4.22. The van der Waals surface area contributed by atoms with Crippen LogP contribution in [0.3, 0.4) is 0 Å². The third kappa shape index (κ3) is 1.43. The van der Waals surface area contributed by atoms with E-state index in [9.17, 15) is 9.59 Å². The number of fused-ring (bicyclic) bond motifs is 1. The summed E-state index contributed by atoms with van der Waals surface area (Å²) in [6, 6.07) is 7.34. The van der Waals surface area contributed by atoms with E-state index in [0.717, 1.165) is 5.56 Å². The summed E-state index contributed by atoms with van der Waals surface area (Å²) in [5.41, 5.74) is 0.556. The fourth-order valence-electron chi connectivity index (χ4n) is 2.11. The summed E-state index contributed by atoms with van der Waals surface area (Å²) >= 11 is 0. The zero-order valence-corrected chi connectivity index (χ0v) is 9.45. The Morgan fingerprint density at radius 1 is 1.44 bits per heavy atom. The van der Waals surface area contributed by atoms with Gasteiger partial charge in [0, 0.05) is 5.56 Å². The lowest BCUT2D eigenvalue weighted by Crippen LogP contribution is -2.35. The molecule has 0 radical (unpaired) electrons. The van der Waals surface area contributed by atoms with Crippen molar-refractivity contribution in [3.05, 3.63) is 35.4 Å². The van der Waals surface area contributed by atoms with Gasteiger partial charge < -0.3 is 4.74 Å². The topological polar surface area (TPSA) is 43.4 Å². The van der Waals surface area contributed by atoms with E-state index in [1.165, 1.54) is 0 Å². The average molecular weight is 218 g/mol. The van der Waals surface area contributed by atoms with Crippen molar-refractivity contribution in [3.63, 3.8) is 0 Å². The van der Waals surface area contributed by atoms with Gasteiger partial charge in [-0.3, -0.25) is 9.59 Å². The third-order valence-corrected chi connectivity index (χ3v) is 3.03. The van der Waals surface area contributed by atoms with Crippen LogP contribution in [0.25, 0.3) is 0 Å². The highest BCUT2D eigenvalue weighted by Gasteiger charge is 2.48. The molecule has 1 aromatic carbocycles. The van der Waals surface area contributed by atoms with Crippen LogP contribution in [0, 0.1) is 5.41 Å². The van der Waals surface area contributed by atoms with Gasteiger partial charge in [-0.15, -0.1) is 0 Å². The maximum atomic E-state index is 12.1. The minimum absolute atomic E-state index is 0.124. The lowest BCUT2D eigenvalue weighted by atomic mass is 9.86. The Labute approximate surface area is 94.4 Å². The molecule has 16 heavy (non-hydrogen) atoms. The molecule has 1 aliphatic rings. The van der Waals surface area contributed by atoms with Crippen molar-refractivity contribution in [1.29, 1.82) is 0 Å². The first-order valence-corrected chi connectivity index (χ1v) is 5.39. The molecule has 0 amide bonds. The SMILES string of the molecule is CCOC(=O)[C@]1(C)Cc2ccccc2C1=O. The minimum atomic E-state index is -1.03. The Bertz CT molecular complexity index is 450. The fourth-order valence-corrected chi connectivity index (χ4v) is 2.11. The molecule has 0 fully saturated rings. The van der Waals surface area contributed by atoms with Crippen molar-refractivity contribution in [2.75, 3.05) is 6.61 Å². The van der Waals surface area contributed by atoms with Gasteiger partial charge in [0.15, 0.2) is 5.78 Å². The second-order valence-electron chi connectivity index (χ2n) is 4.22. The first-order valence-electron chi connectivity index (χ1n) is 5.39. The zero-order chi connectivity index (χ0) is 11.8. The van der Waals surface area contributed by atoms with Gasteiger partial charge in [0.1, 0.15) is 5.41 Å². The number of carbonyl (C=O) groups excluding carboxylic acids is 2. The smallest absolute Gasteiger partial charge is 0.320 e. The van der Waals surface area contributed by atoms with Crippen LogP contribution < -0.4 is 0 Å². The van der Waals surface area contributed by atoms with Gasteiger partial charge in [0.25, 0.3) is 0 Å². The van der Waals surface area contributed by atoms with Crippen molar-refractivity contribution >= 4 is 11.8 Å². The van der Waals surface area contributed by atoms with E-state index in [-0.39, 0.29) is 5.78 Å². The van der Waals surface area contributed by atoms with Gasteiger partial charge in [0.05, 0.1) is 6.61 Å². The van der Waals surface area contributed by atoms with E-state index in [0.29, 0.717) is 18.6 Å². The minimum Gasteiger partial charge on any atom is -0.465 e. The molecule has 3 heteroatoms. The molecule has 0 aliphatic heterocycles. The lowest BCUT2D eigenvalue weighted by Gasteiger charge is -2.19. The van der Waals surface area contributed by atoms with Crippen molar-refractivity contribution < 1.29 is 14.3 Å². The van der Waals surface area contributed by atoms with Crippen molar-refractivity contribution in [1.82, 2.24) is 0 Å². The van der Waals surface area contributed by atoms with E-state index in [4.69, 9.17) is 4.74 Å². The monoisotopic (exact) mass is 218 g/mol. The number of ketones is 1. The first kappa shape index (κ1) is 10.9. The van der Waals surface area contributed by atoms with Gasteiger partial charge in [0.2, 0.25) is 0 Å². The number of ether oxygens (including phenoxy) is 1. The summed E-state index contributed by atoms with van der Waals surface area (Å²) in [7, 11) is 0. The molecule has 0 bridgehead atoms. The molecule has 3 nitrogen and oxygen atoms in total. The van der Waals surface area contributed by atoms with E-state index in [2.05, 4.69) is 0 Å². The van der Waals surface area contributed by atoms with Crippen LogP contribution >= 0.6 is 0 Å². The molecule has 84 valence electrons.